The fourth-order valence-corrected chi connectivity index (χ4v) is 3.80. The molecule has 0 fully saturated rings. The molecule has 1 heterocycles. The van der Waals surface area contributed by atoms with Crippen molar-refractivity contribution in [3.63, 3.8) is 0 Å². The summed E-state index contributed by atoms with van der Waals surface area (Å²) in [5, 5.41) is 14.1. The number of carbonyl (C=O) groups excluding carboxylic acids is 1. The molecule has 0 saturated carbocycles. The fourth-order valence-electron chi connectivity index (χ4n) is 3.80. The molecule has 3 aromatic rings. The Kier molecular flexibility index (Phi) is 5.12. The monoisotopic (exact) mass is 388 g/mol. The number of anilines is 1. The van der Waals surface area contributed by atoms with Crippen molar-refractivity contribution in [2.45, 2.75) is 26.1 Å². The molecular weight excluding hydrogens is 364 g/mol. The average molecular weight is 388 g/mol. The zero-order chi connectivity index (χ0) is 20.4. The van der Waals surface area contributed by atoms with Crippen LogP contribution >= 0.6 is 0 Å². The van der Waals surface area contributed by atoms with Gasteiger partial charge in [0.15, 0.2) is 0 Å². The van der Waals surface area contributed by atoms with E-state index in [4.69, 9.17) is 4.74 Å². The number of rotatable bonds is 5. The molecule has 0 aliphatic carbocycles. The van der Waals surface area contributed by atoms with Gasteiger partial charge in [-0.1, -0.05) is 42.5 Å². The van der Waals surface area contributed by atoms with Crippen LogP contribution in [0.2, 0.25) is 0 Å². The first-order chi connectivity index (χ1) is 14.1. The Bertz CT molecular complexity index is 1020. The van der Waals surface area contributed by atoms with Gasteiger partial charge in [-0.05, 0) is 49.7 Å². The number of amides is 1. The maximum atomic E-state index is 13.5. The van der Waals surface area contributed by atoms with Gasteiger partial charge >= 0.3 is 0 Å². The minimum absolute atomic E-state index is 0.0816. The fraction of sp³-hybridized carbons (Fsp3) is 0.208. The second kappa shape index (κ2) is 7.87. The Balaban J connectivity index is 1.83. The quantitative estimate of drug-likeness (QED) is 0.637. The predicted molar refractivity (Wildman–Crippen MR) is 113 cm³/mol. The van der Waals surface area contributed by atoms with Crippen molar-refractivity contribution >= 4 is 11.6 Å². The van der Waals surface area contributed by atoms with E-state index in [0.717, 1.165) is 11.3 Å². The molecule has 1 amide bonds. The number of fused-ring (bicyclic) bond motifs is 1. The molecule has 0 spiro atoms. The summed E-state index contributed by atoms with van der Waals surface area (Å²) < 4.78 is 5.63. The molecule has 148 valence electrons. The summed E-state index contributed by atoms with van der Waals surface area (Å²) in [7, 11) is 0. The summed E-state index contributed by atoms with van der Waals surface area (Å²) in [4.78, 5) is 15.3. The molecule has 0 aromatic heterocycles. The second-order valence-electron chi connectivity index (χ2n) is 7.05. The third-order valence-corrected chi connectivity index (χ3v) is 5.27. The van der Waals surface area contributed by atoms with Crippen LogP contribution in [0, 0.1) is 0 Å². The highest BCUT2D eigenvalue weighted by Gasteiger charge is 2.37. The first kappa shape index (κ1) is 18.9. The van der Waals surface area contributed by atoms with Gasteiger partial charge in [0.1, 0.15) is 17.7 Å². The zero-order valence-corrected chi connectivity index (χ0v) is 16.5. The van der Waals surface area contributed by atoms with Gasteiger partial charge in [0.2, 0.25) is 0 Å². The van der Waals surface area contributed by atoms with Crippen LogP contribution in [0.3, 0.4) is 0 Å². The Morgan fingerprint density at radius 1 is 1.07 bits per heavy atom. The number of nitrogens with one attached hydrogen (secondary N) is 1. The largest absolute Gasteiger partial charge is 0.508 e. The third-order valence-electron chi connectivity index (χ3n) is 5.27. The van der Waals surface area contributed by atoms with Crippen LogP contribution in [0.1, 0.15) is 47.5 Å². The van der Waals surface area contributed by atoms with Crippen molar-refractivity contribution in [3.05, 3.63) is 89.5 Å². The lowest BCUT2D eigenvalue weighted by Crippen LogP contribution is -2.44. The normalized spacial score (nSPS) is 16.7. The minimum Gasteiger partial charge on any atom is -0.508 e. The van der Waals surface area contributed by atoms with Crippen molar-refractivity contribution in [2.75, 3.05) is 11.9 Å². The topological polar surface area (TPSA) is 61.8 Å². The summed E-state index contributed by atoms with van der Waals surface area (Å²) in [5.74, 6) is 0.686. The lowest BCUT2D eigenvalue weighted by Gasteiger charge is -2.42. The van der Waals surface area contributed by atoms with E-state index in [0.29, 0.717) is 23.5 Å². The second-order valence-corrected chi connectivity index (χ2v) is 7.05. The van der Waals surface area contributed by atoms with E-state index >= 15 is 0 Å². The summed E-state index contributed by atoms with van der Waals surface area (Å²) in [5.41, 5.74) is 2.99. The zero-order valence-electron chi connectivity index (χ0n) is 16.5. The highest BCUT2D eigenvalue weighted by Crippen LogP contribution is 2.41. The molecule has 2 atom stereocenters. The van der Waals surface area contributed by atoms with Crippen molar-refractivity contribution < 1.29 is 14.6 Å². The maximum absolute atomic E-state index is 13.5. The van der Waals surface area contributed by atoms with Crippen LogP contribution in [0.15, 0.2) is 72.8 Å². The molecule has 0 unspecified atom stereocenters. The van der Waals surface area contributed by atoms with Crippen LogP contribution < -0.4 is 10.1 Å². The lowest BCUT2D eigenvalue weighted by molar-refractivity contribution is 0.0594. The van der Waals surface area contributed by atoms with Gasteiger partial charge in [-0.15, -0.1) is 0 Å². The van der Waals surface area contributed by atoms with Gasteiger partial charge in [0.25, 0.3) is 5.91 Å². The molecule has 4 rings (SSSR count). The smallest absolute Gasteiger partial charge is 0.258 e. The van der Waals surface area contributed by atoms with E-state index in [2.05, 4.69) is 5.32 Å². The van der Waals surface area contributed by atoms with E-state index in [1.807, 2.05) is 68.4 Å². The number of carbonyl (C=O) groups is 1. The highest BCUT2D eigenvalue weighted by molar-refractivity contribution is 6.02. The summed E-state index contributed by atoms with van der Waals surface area (Å²) >= 11 is 0. The van der Waals surface area contributed by atoms with Crippen molar-refractivity contribution in [3.8, 4) is 11.5 Å². The van der Waals surface area contributed by atoms with Gasteiger partial charge < -0.3 is 20.1 Å². The number of phenolic OH excluding ortho intramolecular Hbond substituents is 1. The van der Waals surface area contributed by atoms with Crippen molar-refractivity contribution in [1.82, 2.24) is 4.90 Å². The number of phenols is 1. The molecule has 0 radical (unpaired) electrons. The number of benzene rings is 3. The summed E-state index contributed by atoms with van der Waals surface area (Å²) in [6, 6.07) is 22.3. The molecule has 5 heteroatoms. The van der Waals surface area contributed by atoms with Gasteiger partial charge in [-0.2, -0.15) is 0 Å². The van der Waals surface area contributed by atoms with Gasteiger partial charge in [-0.25, -0.2) is 0 Å². The van der Waals surface area contributed by atoms with E-state index in [1.54, 1.807) is 23.1 Å². The number of hydrogen-bond donors (Lipinski definition) is 2. The molecule has 3 aromatic carbocycles. The van der Waals surface area contributed by atoms with Crippen LogP contribution in [0.5, 0.6) is 11.5 Å². The molecule has 0 saturated heterocycles. The molecule has 0 bridgehead atoms. The Labute approximate surface area is 170 Å². The van der Waals surface area contributed by atoms with Crippen LogP contribution in [-0.4, -0.2) is 22.5 Å². The highest BCUT2D eigenvalue weighted by atomic mass is 16.5. The van der Waals surface area contributed by atoms with Crippen LogP contribution in [0.4, 0.5) is 5.69 Å². The molecule has 29 heavy (non-hydrogen) atoms. The van der Waals surface area contributed by atoms with E-state index in [-0.39, 0.29) is 17.7 Å². The third kappa shape index (κ3) is 3.51. The SMILES string of the molecule is CCOc1ccc(O)c([C@@H]2Nc3ccccc3C(=O)N2[C@H](C)c2ccccc2)c1. The van der Waals surface area contributed by atoms with E-state index in [1.165, 1.54) is 0 Å². The van der Waals surface area contributed by atoms with Gasteiger partial charge in [0, 0.05) is 11.3 Å². The lowest BCUT2D eigenvalue weighted by atomic mass is 9.98. The number of aromatic hydroxyl groups is 1. The number of hydrogen-bond acceptors (Lipinski definition) is 4. The number of nitrogens with zero attached hydrogens (tertiary/aromatic N) is 1. The molecule has 1 aliphatic heterocycles. The van der Waals surface area contributed by atoms with Gasteiger partial charge in [-0.3, -0.25) is 4.79 Å². The molecule has 2 N–H and O–H groups in total. The number of ether oxygens (including phenoxy) is 1. The first-order valence-electron chi connectivity index (χ1n) is 9.79. The maximum Gasteiger partial charge on any atom is 0.258 e. The van der Waals surface area contributed by atoms with E-state index in [9.17, 15) is 9.90 Å². The first-order valence-corrected chi connectivity index (χ1v) is 9.79. The molecule has 1 aliphatic rings. The van der Waals surface area contributed by atoms with Crippen molar-refractivity contribution in [1.29, 1.82) is 0 Å². The van der Waals surface area contributed by atoms with Gasteiger partial charge in [0.05, 0.1) is 18.2 Å². The molecule has 5 nitrogen and oxygen atoms in total. The van der Waals surface area contributed by atoms with Crippen LogP contribution in [0.25, 0.3) is 0 Å². The number of para-hydroxylation sites is 1. The Morgan fingerprint density at radius 3 is 2.55 bits per heavy atom. The Hall–Kier alpha value is -3.47. The van der Waals surface area contributed by atoms with E-state index < -0.39 is 6.17 Å². The van der Waals surface area contributed by atoms with Crippen molar-refractivity contribution in [2.24, 2.45) is 0 Å². The summed E-state index contributed by atoms with van der Waals surface area (Å²) in [6.07, 6.45) is -0.534. The predicted octanol–water partition coefficient (Wildman–Crippen LogP) is 5.12. The Morgan fingerprint density at radius 2 is 1.79 bits per heavy atom. The standard InChI is InChI=1S/C24H24N2O3/c1-3-29-18-13-14-22(27)20(15-18)23-25-21-12-8-7-11-19(21)24(28)26(23)16(2)17-9-5-4-6-10-17/h4-16,23,25,27H,3H2,1-2H3/t16-,23-/m1/s1. The molecular formula is C24H24N2O3. The van der Waals surface area contributed by atoms with Crippen LogP contribution in [-0.2, 0) is 0 Å². The summed E-state index contributed by atoms with van der Waals surface area (Å²) in [6.45, 7) is 4.43. The minimum atomic E-state index is -0.534. The average Bonchev–Trinajstić information content (AvgIpc) is 2.75.